The summed E-state index contributed by atoms with van der Waals surface area (Å²) in [5.41, 5.74) is 8.17. The van der Waals surface area contributed by atoms with Gasteiger partial charge in [-0.1, -0.05) is 31.2 Å². The molecule has 0 saturated heterocycles. The Morgan fingerprint density at radius 2 is 2.00 bits per heavy atom. The van der Waals surface area contributed by atoms with Crippen molar-refractivity contribution in [2.75, 3.05) is 13.1 Å². The van der Waals surface area contributed by atoms with E-state index in [1.807, 2.05) is 19.1 Å². The van der Waals surface area contributed by atoms with Gasteiger partial charge in [-0.3, -0.25) is 4.79 Å². The van der Waals surface area contributed by atoms with Crippen LogP contribution in [0.5, 0.6) is 0 Å². The summed E-state index contributed by atoms with van der Waals surface area (Å²) in [6, 6.07) is 8.31. The fraction of sp³-hybridized carbons (Fsp3) is 0.500. The van der Waals surface area contributed by atoms with Crippen LogP contribution >= 0.6 is 0 Å². The Balaban J connectivity index is 1.88. The van der Waals surface area contributed by atoms with Crippen molar-refractivity contribution in [3.63, 3.8) is 0 Å². The molecule has 0 spiro atoms. The van der Waals surface area contributed by atoms with Crippen LogP contribution in [0.25, 0.3) is 0 Å². The molecule has 0 fully saturated rings. The second kappa shape index (κ2) is 5.32. The summed E-state index contributed by atoms with van der Waals surface area (Å²) in [4.78, 5) is 12.0. The van der Waals surface area contributed by atoms with Gasteiger partial charge in [0.25, 0.3) is 0 Å². The second-order valence-corrected chi connectivity index (χ2v) is 4.96. The number of rotatable bonds is 4. The van der Waals surface area contributed by atoms with E-state index in [-0.39, 0.29) is 11.8 Å². The molecule has 0 bridgehead atoms. The fourth-order valence-electron chi connectivity index (χ4n) is 2.25. The first-order chi connectivity index (χ1) is 8.20. The van der Waals surface area contributed by atoms with Gasteiger partial charge in [0.1, 0.15) is 0 Å². The Bertz CT molecular complexity index is 378. The third kappa shape index (κ3) is 2.86. The molecule has 1 aliphatic rings. The number of benzene rings is 1. The fourth-order valence-corrected chi connectivity index (χ4v) is 2.25. The van der Waals surface area contributed by atoms with Crippen LogP contribution in [0.1, 0.15) is 18.1 Å². The van der Waals surface area contributed by atoms with Gasteiger partial charge >= 0.3 is 0 Å². The summed E-state index contributed by atoms with van der Waals surface area (Å²) in [5.74, 6) is 0.626. The highest BCUT2D eigenvalue weighted by Crippen LogP contribution is 2.26. The number of carbonyl (C=O) groups excluding carboxylic acids is 1. The zero-order valence-electron chi connectivity index (χ0n) is 10.3. The van der Waals surface area contributed by atoms with Crippen LogP contribution < -0.4 is 11.1 Å². The number of fused-ring (bicyclic) bond motifs is 1. The van der Waals surface area contributed by atoms with Crippen molar-refractivity contribution >= 4 is 5.91 Å². The lowest BCUT2D eigenvalue weighted by molar-refractivity contribution is -0.124. The normalized spacial score (nSPS) is 16.6. The minimum Gasteiger partial charge on any atom is -0.356 e. The van der Waals surface area contributed by atoms with Gasteiger partial charge in [-0.15, -0.1) is 0 Å². The van der Waals surface area contributed by atoms with Crippen LogP contribution in [-0.2, 0) is 17.6 Å². The van der Waals surface area contributed by atoms with Gasteiger partial charge in [-0.05, 0) is 36.4 Å². The molecular formula is C14H20N2O. The highest BCUT2D eigenvalue weighted by Gasteiger charge is 2.26. The van der Waals surface area contributed by atoms with E-state index in [0.29, 0.717) is 19.0 Å². The van der Waals surface area contributed by atoms with Crippen LogP contribution in [0.2, 0.25) is 0 Å². The zero-order valence-corrected chi connectivity index (χ0v) is 10.3. The highest BCUT2D eigenvalue weighted by atomic mass is 16.1. The maximum Gasteiger partial charge on any atom is 0.223 e. The summed E-state index contributed by atoms with van der Waals surface area (Å²) in [7, 11) is 0. The molecule has 1 aromatic rings. The Kier molecular flexibility index (Phi) is 3.79. The lowest BCUT2D eigenvalue weighted by Crippen LogP contribution is -2.35. The molecule has 1 unspecified atom stereocenters. The summed E-state index contributed by atoms with van der Waals surface area (Å²) < 4.78 is 0. The van der Waals surface area contributed by atoms with Crippen LogP contribution in [0.3, 0.4) is 0 Å². The zero-order chi connectivity index (χ0) is 12.3. The predicted molar refractivity (Wildman–Crippen MR) is 68.6 cm³/mol. The molecule has 0 aromatic heterocycles. The van der Waals surface area contributed by atoms with E-state index in [1.54, 1.807) is 0 Å². The van der Waals surface area contributed by atoms with E-state index in [9.17, 15) is 4.79 Å². The van der Waals surface area contributed by atoms with Crippen LogP contribution in [0.4, 0.5) is 0 Å². The molecule has 2 rings (SSSR count). The van der Waals surface area contributed by atoms with E-state index in [0.717, 1.165) is 12.8 Å². The van der Waals surface area contributed by atoms with Gasteiger partial charge in [0.15, 0.2) is 0 Å². The Labute approximate surface area is 102 Å². The van der Waals surface area contributed by atoms with E-state index in [2.05, 4.69) is 17.4 Å². The standard InChI is InChI=1S/C14H20N2O/c1-10(8-15)9-16-14(17)13-6-11-4-2-3-5-12(11)7-13/h2-5,10,13H,6-9,15H2,1H3,(H,16,17). The molecular weight excluding hydrogens is 212 g/mol. The molecule has 1 amide bonds. The lowest BCUT2D eigenvalue weighted by Gasteiger charge is -2.13. The summed E-state index contributed by atoms with van der Waals surface area (Å²) >= 11 is 0. The number of amides is 1. The summed E-state index contributed by atoms with van der Waals surface area (Å²) in [6.45, 7) is 3.34. The maximum absolute atomic E-state index is 12.0. The average Bonchev–Trinajstić information content (AvgIpc) is 2.79. The molecule has 3 nitrogen and oxygen atoms in total. The van der Waals surface area contributed by atoms with Crippen molar-refractivity contribution in [3.05, 3.63) is 35.4 Å². The third-order valence-corrected chi connectivity index (χ3v) is 3.45. The first kappa shape index (κ1) is 12.1. The van der Waals surface area contributed by atoms with Gasteiger partial charge in [0.05, 0.1) is 0 Å². The van der Waals surface area contributed by atoms with E-state index in [4.69, 9.17) is 5.73 Å². The molecule has 17 heavy (non-hydrogen) atoms. The first-order valence-corrected chi connectivity index (χ1v) is 6.25. The molecule has 0 heterocycles. The molecule has 0 saturated carbocycles. The number of nitrogens with one attached hydrogen (secondary N) is 1. The number of hydrogen-bond acceptors (Lipinski definition) is 2. The van der Waals surface area contributed by atoms with Gasteiger partial charge in [0, 0.05) is 12.5 Å². The average molecular weight is 232 g/mol. The largest absolute Gasteiger partial charge is 0.356 e. The first-order valence-electron chi connectivity index (χ1n) is 6.25. The van der Waals surface area contributed by atoms with Crippen molar-refractivity contribution in [1.29, 1.82) is 0 Å². The van der Waals surface area contributed by atoms with Crippen LogP contribution in [0, 0.1) is 11.8 Å². The van der Waals surface area contributed by atoms with Crippen molar-refractivity contribution < 1.29 is 4.79 Å². The van der Waals surface area contributed by atoms with E-state index in [1.165, 1.54) is 11.1 Å². The lowest BCUT2D eigenvalue weighted by atomic mass is 10.1. The van der Waals surface area contributed by atoms with Gasteiger partial charge < -0.3 is 11.1 Å². The number of nitrogens with two attached hydrogens (primary N) is 1. The maximum atomic E-state index is 12.0. The number of carbonyl (C=O) groups is 1. The Hall–Kier alpha value is -1.35. The van der Waals surface area contributed by atoms with Crippen molar-refractivity contribution in [2.45, 2.75) is 19.8 Å². The molecule has 1 aliphatic carbocycles. The monoisotopic (exact) mass is 232 g/mol. The number of hydrogen-bond donors (Lipinski definition) is 2. The SMILES string of the molecule is CC(CN)CNC(=O)C1Cc2ccccc2C1. The summed E-state index contributed by atoms with van der Waals surface area (Å²) in [6.07, 6.45) is 1.75. The van der Waals surface area contributed by atoms with Crippen molar-refractivity contribution in [3.8, 4) is 0 Å². The molecule has 1 aromatic carbocycles. The Morgan fingerprint density at radius 3 is 2.53 bits per heavy atom. The van der Waals surface area contributed by atoms with Gasteiger partial charge in [-0.25, -0.2) is 0 Å². The molecule has 3 N–H and O–H groups in total. The van der Waals surface area contributed by atoms with Gasteiger partial charge in [-0.2, -0.15) is 0 Å². The Morgan fingerprint density at radius 1 is 1.41 bits per heavy atom. The topological polar surface area (TPSA) is 55.1 Å². The summed E-state index contributed by atoms with van der Waals surface area (Å²) in [5, 5.41) is 2.99. The smallest absolute Gasteiger partial charge is 0.223 e. The van der Waals surface area contributed by atoms with Crippen molar-refractivity contribution in [1.82, 2.24) is 5.32 Å². The molecule has 3 heteroatoms. The van der Waals surface area contributed by atoms with E-state index >= 15 is 0 Å². The van der Waals surface area contributed by atoms with Crippen molar-refractivity contribution in [2.24, 2.45) is 17.6 Å². The minimum absolute atomic E-state index is 0.109. The highest BCUT2D eigenvalue weighted by molar-refractivity contribution is 5.80. The third-order valence-electron chi connectivity index (χ3n) is 3.45. The minimum atomic E-state index is 0.109. The molecule has 92 valence electrons. The molecule has 0 aliphatic heterocycles. The second-order valence-electron chi connectivity index (χ2n) is 4.96. The molecule has 0 radical (unpaired) electrons. The van der Waals surface area contributed by atoms with Crippen LogP contribution in [0.15, 0.2) is 24.3 Å². The molecule has 1 atom stereocenters. The quantitative estimate of drug-likeness (QED) is 0.817. The van der Waals surface area contributed by atoms with E-state index < -0.39 is 0 Å². The van der Waals surface area contributed by atoms with Gasteiger partial charge in [0.2, 0.25) is 5.91 Å². The van der Waals surface area contributed by atoms with Crippen LogP contribution in [-0.4, -0.2) is 19.0 Å². The predicted octanol–water partition coefficient (Wildman–Crippen LogP) is 1.11.